The summed E-state index contributed by atoms with van der Waals surface area (Å²) in [5, 5.41) is 14.4. The molecule has 1 aliphatic rings. The van der Waals surface area contributed by atoms with Crippen LogP contribution < -0.4 is 15.4 Å². The number of aliphatic hydroxyl groups excluding tert-OH is 1. The molecule has 1 fully saturated rings. The summed E-state index contributed by atoms with van der Waals surface area (Å²) in [6.07, 6.45) is 5.04. The van der Waals surface area contributed by atoms with Crippen LogP contribution in [0.1, 0.15) is 6.42 Å². The fraction of sp³-hybridized carbons (Fsp3) is 0.357. The highest BCUT2D eigenvalue weighted by Gasteiger charge is 2.25. The van der Waals surface area contributed by atoms with Crippen molar-refractivity contribution in [1.29, 1.82) is 0 Å². The first-order valence-corrected chi connectivity index (χ1v) is 13.3. The van der Waals surface area contributed by atoms with Crippen molar-refractivity contribution in [1.82, 2.24) is 29.5 Å². The number of fused-ring (bicyclic) bond motifs is 1. The number of aliphatic hydroxyl groups is 1. The molecule has 1 aliphatic heterocycles. The fourth-order valence-electron chi connectivity index (χ4n) is 5.02. The molecule has 1 saturated heterocycles. The molecule has 0 saturated carbocycles. The highest BCUT2D eigenvalue weighted by Crippen LogP contribution is 2.39. The molecule has 2 aromatic heterocycles. The number of carbonyl (C=O) groups is 1. The van der Waals surface area contributed by atoms with Gasteiger partial charge in [-0.1, -0.05) is 6.07 Å². The van der Waals surface area contributed by atoms with E-state index in [1.165, 1.54) is 40.4 Å². The Morgan fingerprint density at radius 1 is 1.22 bits per heavy atom. The van der Waals surface area contributed by atoms with Gasteiger partial charge >= 0.3 is 0 Å². The van der Waals surface area contributed by atoms with E-state index in [1.54, 1.807) is 18.2 Å². The molecule has 216 valence electrons. The second-order valence-corrected chi connectivity index (χ2v) is 9.98. The number of primary amides is 1. The maximum absolute atomic E-state index is 15.1. The molecule has 5 rings (SSSR count). The van der Waals surface area contributed by atoms with Gasteiger partial charge in [0.1, 0.15) is 24.4 Å². The summed E-state index contributed by atoms with van der Waals surface area (Å²) in [7, 11) is 2.06. The van der Waals surface area contributed by atoms with Crippen LogP contribution in [-0.2, 0) is 11.3 Å². The minimum Gasteiger partial charge on any atom is -0.493 e. The second-order valence-electron chi connectivity index (χ2n) is 9.98. The van der Waals surface area contributed by atoms with E-state index in [9.17, 15) is 14.3 Å². The third kappa shape index (κ3) is 6.42. The smallest absolute Gasteiger partial charge is 0.239 e. The number of ether oxygens (including phenoxy) is 1. The Morgan fingerprint density at radius 2 is 2.07 bits per heavy atom. The summed E-state index contributed by atoms with van der Waals surface area (Å²) in [5.74, 6) is -1.79. The van der Waals surface area contributed by atoms with E-state index in [-0.39, 0.29) is 30.7 Å². The van der Waals surface area contributed by atoms with Gasteiger partial charge < -0.3 is 20.5 Å². The van der Waals surface area contributed by atoms with E-state index in [0.717, 1.165) is 38.7 Å². The highest BCUT2D eigenvalue weighted by atomic mass is 19.2. The normalized spacial score (nSPS) is 16.2. The number of aromatic nitrogens is 4. The first-order valence-electron chi connectivity index (χ1n) is 13.3. The van der Waals surface area contributed by atoms with Crippen molar-refractivity contribution in [2.45, 2.75) is 19.0 Å². The first-order chi connectivity index (χ1) is 19.8. The Hall–Kier alpha value is -4.20. The molecule has 0 aliphatic carbocycles. The van der Waals surface area contributed by atoms with Crippen LogP contribution in [0.15, 0.2) is 55.1 Å². The van der Waals surface area contributed by atoms with Gasteiger partial charge in [-0.2, -0.15) is 5.10 Å². The maximum atomic E-state index is 15.1. The predicted molar refractivity (Wildman–Crippen MR) is 149 cm³/mol. The van der Waals surface area contributed by atoms with Gasteiger partial charge in [0.2, 0.25) is 5.91 Å². The van der Waals surface area contributed by atoms with Gasteiger partial charge in [0.05, 0.1) is 36.3 Å². The fourth-order valence-corrected chi connectivity index (χ4v) is 5.02. The number of piperazine rings is 1. The molecule has 11 nitrogen and oxygen atoms in total. The standard InChI is InChI=1S/C28H32F2N8O3/c1-35-9-10-36(20(14-35)17-39)8-3-11-41-21-6-7-22-24(12-21)32-18-33-28(22)38(25-5-2-4-23(29)27(25)30)19-13-34-37(15-19)16-26(31)40/h2,4-7,12-13,15,18,20,39H,3,8-11,14,16-17H2,1H3,(H2,31,40)/t20-/m1/s1. The monoisotopic (exact) mass is 566 g/mol. The minimum atomic E-state index is -1.06. The van der Waals surface area contributed by atoms with E-state index < -0.39 is 17.5 Å². The number of nitrogens with two attached hydrogens (primary N) is 1. The summed E-state index contributed by atoms with van der Waals surface area (Å²) in [6, 6.07) is 9.29. The van der Waals surface area contributed by atoms with Crippen LogP contribution in [0.5, 0.6) is 5.75 Å². The SMILES string of the molecule is CN1CCN(CCCOc2ccc3c(N(c4cnn(CC(N)=O)c4)c4cccc(F)c4F)ncnc3c2)[C@@H](CO)C1. The molecule has 0 radical (unpaired) electrons. The van der Waals surface area contributed by atoms with E-state index in [4.69, 9.17) is 10.5 Å². The third-order valence-corrected chi connectivity index (χ3v) is 7.04. The molecule has 4 aromatic rings. The van der Waals surface area contributed by atoms with Crippen molar-refractivity contribution in [3.8, 4) is 5.75 Å². The Morgan fingerprint density at radius 3 is 2.88 bits per heavy atom. The Bertz CT molecular complexity index is 1520. The average molecular weight is 567 g/mol. The van der Waals surface area contributed by atoms with Crippen molar-refractivity contribution in [3.05, 3.63) is 66.8 Å². The largest absolute Gasteiger partial charge is 0.493 e. The Kier molecular flexibility index (Phi) is 8.67. The minimum absolute atomic E-state index is 0.0889. The lowest BCUT2D eigenvalue weighted by atomic mass is 10.1. The maximum Gasteiger partial charge on any atom is 0.239 e. The number of nitrogens with zero attached hydrogens (tertiary/aromatic N) is 7. The van der Waals surface area contributed by atoms with Crippen LogP contribution in [0.4, 0.5) is 26.0 Å². The van der Waals surface area contributed by atoms with Crippen molar-refractivity contribution < 1.29 is 23.4 Å². The second kappa shape index (κ2) is 12.5. The highest BCUT2D eigenvalue weighted by molar-refractivity contribution is 5.95. The number of anilines is 3. The molecule has 3 N–H and O–H groups in total. The summed E-state index contributed by atoms with van der Waals surface area (Å²) in [5.41, 5.74) is 6.09. The van der Waals surface area contributed by atoms with Crippen LogP contribution in [0, 0.1) is 11.6 Å². The molecule has 1 atom stereocenters. The van der Waals surface area contributed by atoms with Gasteiger partial charge in [-0.15, -0.1) is 0 Å². The quantitative estimate of drug-likeness (QED) is 0.263. The number of carbonyl (C=O) groups excluding carboxylic acids is 1. The summed E-state index contributed by atoms with van der Waals surface area (Å²) in [6.45, 7) is 3.95. The van der Waals surface area contributed by atoms with Crippen LogP contribution in [-0.4, -0.2) is 93.0 Å². The molecular weight excluding hydrogens is 534 g/mol. The molecule has 41 heavy (non-hydrogen) atoms. The first kappa shape index (κ1) is 28.3. The van der Waals surface area contributed by atoms with Gasteiger partial charge in [-0.05, 0) is 37.7 Å². The average Bonchev–Trinajstić information content (AvgIpc) is 3.41. The lowest BCUT2D eigenvalue weighted by Gasteiger charge is -2.39. The molecule has 0 unspecified atom stereocenters. The zero-order valence-electron chi connectivity index (χ0n) is 22.7. The lowest BCUT2D eigenvalue weighted by Crippen LogP contribution is -2.53. The molecule has 1 amide bonds. The summed E-state index contributed by atoms with van der Waals surface area (Å²) in [4.78, 5) is 26.1. The number of halogens is 2. The van der Waals surface area contributed by atoms with Crippen LogP contribution >= 0.6 is 0 Å². The lowest BCUT2D eigenvalue weighted by molar-refractivity contribution is -0.118. The van der Waals surface area contributed by atoms with Gasteiger partial charge in [0, 0.05) is 49.9 Å². The Balaban J connectivity index is 1.38. The molecule has 3 heterocycles. The molecule has 2 aromatic carbocycles. The van der Waals surface area contributed by atoms with Gasteiger partial charge in [-0.25, -0.2) is 18.7 Å². The van der Waals surface area contributed by atoms with Crippen molar-refractivity contribution in [2.75, 3.05) is 51.3 Å². The Labute approximate surface area is 235 Å². The summed E-state index contributed by atoms with van der Waals surface area (Å²) < 4.78 is 36.7. The number of hydrogen-bond acceptors (Lipinski definition) is 9. The topological polar surface area (TPSA) is 126 Å². The van der Waals surface area contributed by atoms with Gasteiger partial charge in [-0.3, -0.25) is 19.3 Å². The number of rotatable bonds is 11. The van der Waals surface area contributed by atoms with Crippen molar-refractivity contribution in [3.63, 3.8) is 0 Å². The number of amides is 1. The van der Waals surface area contributed by atoms with Crippen LogP contribution in [0.2, 0.25) is 0 Å². The predicted octanol–water partition coefficient (Wildman–Crippen LogP) is 2.44. The van der Waals surface area contributed by atoms with E-state index >= 15 is 4.39 Å². The molecular formula is C28H32F2N8O3. The van der Waals surface area contributed by atoms with Gasteiger partial charge in [0.25, 0.3) is 0 Å². The van der Waals surface area contributed by atoms with Crippen molar-refractivity contribution >= 4 is 34.0 Å². The number of likely N-dealkylation sites (N-methyl/N-ethyl adjacent to an activating group) is 1. The van der Waals surface area contributed by atoms with E-state index in [1.807, 2.05) is 0 Å². The van der Waals surface area contributed by atoms with Crippen molar-refractivity contribution in [2.24, 2.45) is 5.73 Å². The van der Waals surface area contributed by atoms with E-state index in [0.29, 0.717) is 28.9 Å². The summed E-state index contributed by atoms with van der Waals surface area (Å²) >= 11 is 0. The van der Waals surface area contributed by atoms with Crippen LogP contribution in [0.3, 0.4) is 0 Å². The zero-order valence-corrected chi connectivity index (χ0v) is 22.7. The third-order valence-electron chi connectivity index (χ3n) is 7.04. The number of benzene rings is 2. The van der Waals surface area contributed by atoms with Gasteiger partial charge in [0.15, 0.2) is 11.6 Å². The molecule has 13 heteroatoms. The molecule has 0 bridgehead atoms. The number of hydrogen-bond donors (Lipinski definition) is 2. The zero-order chi connectivity index (χ0) is 28.9. The molecule has 0 spiro atoms. The van der Waals surface area contributed by atoms with Crippen LogP contribution in [0.25, 0.3) is 10.9 Å². The van der Waals surface area contributed by atoms with E-state index in [2.05, 4.69) is 31.9 Å².